The minimum absolute atomic E-state index is 0.219. The number of nitrogens with one attached hydrogen (secondary N) is 3. The van der Waals surface area contributed by atoms with Gasteiger partial charge >= 0.3 is 0 Å². The molecule has 184 valence electrons. The molecule has 0 aliphatic rings. The van der Waals surface area contributed by atoms with Crippen molar-refractivity contribution in [3.8, 4) is 11.4 Å². The molecule has 5 aromatic rings. The second kappa shape index (κ2) is 10.6. The lowest BCUT2D eigenvalue weighted by molar-refractivity contribution is 0.102. The molecule has 10 heteroatoms. The molecule has 0 fully saturated rings. The summed E-state index contributed by atoms with van der Waals surface area (Å²) in [5, 5.41) is 17.7. The van der Waals surface area contributed by atoms with Gasteiger partial charge in [0.1, 0.15) is 11.6 Å². The second-order valence-corrected chi connectivity index (χ2v) is 8.08. The Bertz CT molecular complexity index is 1500. The van der Waals surface area contributed by atoms with Crippen molar-refractivity contribution in [1.29, 1.82) is 0 Å². The van der Waals surface area contributed by atoms with Crippen molar-refractivity contribution in [1.82, 2.24) is 25.0 Å². The summed E-state index contributed by atoms with van der Waals surface area (Å²) in [6, 6.07) is 26.1. The van der Waals surface area contributed by atoms with E-state index in [-0.39, 0.29) is 11.6 Å². The molecule has 0 unspecified atom stereocenters. The van der Waals surface area contributed by atoms with Gasteiger partial charge in [0.25, 0.3) is 5.91 Å². The van der Waals surface area contributed by atoms with Gasteiger partial charge in [-0.2, -0.15) is 14.9 Å². The molecule has 0 saturated heterocycles. The highest BCUT2D eigenvalue weighted by Gasteiger charge is 2.12. The molecule has 3 aromatic carbocycles. The molecule has 2 heterocycles. The summed E-state index contributed by atoms with van der Waals surface area (Å²) < 4.78 is 5.20. The Labute approximate surface area is 213 Å². The summed E-state index contributed by atoms with van der Waals surface area (Å²) in [6.07, 6.45) is 1.44. The molecule has 1 amide bonds. The van der Waals surface area contributed by atoms with Gasteiger partial charge in [0.2, 0.25) is 5.95 Å². The molecule has 0 saturated carbocycles. The number of hydrogen-bond acceptors (Lipinski definition) is 8. The van der Waals surface area contributed by atoms with Gasteiger partial charge in [0, 0.05) is 28.8 Å². The molecule has 2 aromatic heterocycles. The van der Waals surface area contributed by atoms with E-state index in [0.29, 0.717) is 17.5 Å². The second-order valence-electron chi connectivity index (χ2n) is 8.08. The molecule has 0 radical (unpaired) electrons. The Hall–Kier alpha value is -5.25. The molecule has 3 N–H and O–H groups in total. The normalized spacial score (nSPS) is 10.5. The van der Waals surface area contributed by atoms with Crippen LogP contribution in [0.3, 0.4) is 0 Å². The van der Waals surface area contributed by atoms with Crippen molar-refractivity contribution in [3.63, 3.8) is 0 Å². The van der Waals surface area contributed by atoms with Crippen LogP contribution in [-0.4, -0.2) is 38.0 Å². The number of carbonyl (C=O) groups excluding carboxylic acids is 1. The number of methoxy groups -OCH3 is 1. The van der Waals surface area contributed by atoms with Crippen LogP contribution in [0.2, 0.25) is 0 Å². The molecule has 0 atom stereocenters. The highest BCUT2D eigenvalue weighted by atomic mass is 16.5. The zero-order chi connectivity index (χ0) is 25.6. The summed E-state index contributed by atoms with van der Waals surface area (Å²) in [5.74, 6) is 1.54. The van der Waals surface area contributed by atoms with Gasteiger partial charge < -0.3 is 20.7 Å². The fraction of sp³-hybridized carbons (Fsp3) is 0.0741. The quantitative estimate of drug-likeness (QED) is 0.273. The van der Waals surface area contributed by atoms with E-state index in [0.717, 1.165) is 28.5 Å². The maximum absolute atomic E-state index is 12.6. The van der Waals surface area contributed by atoms with Crippen molar-refractivity contribution < 1.29 is 9.53 Å². The lowest BCUT2D eigenvalue weighted by Gasteiger charge is -2.11. The van der Waals surface area contributed by atoms with Crippen molar-refractivity contribution >= 4 is 34.7 Å². The van der Waals surface area contributed by atoms with Gasteiger partial charge in [-0.3, -0.25) is 4.79 Å². The Balaban J connectivity index is 1.22. The number of hydrogen-bond donors (Lipinski definition) is 3. The van der Waals surface area contributed by atoms with Gasteiger partial charge in [0.15, 0.2) is 5.69 Å². The number of carbonyl (C=O) groups is 1. The van der Waals surface area contributed by atoms with Crippen molar-refractivity contribution in [2.75, 3.05) is 23.1 Å². The van der Waals surface area contributed by atoms with E-state index in [9.17, 15) is 4.79 Å². The summed E-state index contributed by atoms with van der Waals surface area (Å²) >= 11 is 0. The fourth-order valence-electron chi connectivity index (χ4n) is 3.52. The molecule has 10 nitrogen and oxygen atoms in total. The number of nitrogens with zero attached hydrogens (tertiary/aromatic N) is 5. The molecular formula is C27H24N8O2. The highest BCUT2D eigenvalue weighted by molar-refractivity contribution is 6.02. The Morgan fingerprint density at radius 2 is 1.51 bits per heavy atom. The number of aryl methyl sites for hydroxylation is 1. The largest absolute Gasteiger partial charge is 0.497 e. The number of amides is 1. The molecule has 0 aliphatic carbocycles. The Morgan fingerprint density at radius 3 is 2.24 bits per heavy atom. The minimum Gasteiger partial charge on any atom is -0.497 e. The third-order valence-electron chi connectivity index (χ3n) is 5.33. The SMILES string of the molecule is COc1ccc(Nc2cc(C)nc(Nc3ccc(NC(=O)c4cnn(-c5ccccc5)n4)cc3)n2)cc1. The molecular weight excluding hydrogens is 468 g/mol. The first-order valence-corrected chi connectivity index (χ1v) is 11.5. The highest BCUT2D eigenvalue weighted by Crippen LogP contribution is 2.22. The third-order valence-corrected chi connectivity index (χ3v) is 5.33. The van der Waals surface area contributed by atoms with E-state index in [1.165, 1.54) is 11.0 Å². The van der Waals surface area contributed by atoms with Crippen LogP contribution in [-0.2, 0) is 0 Å². The fourth-order valence-corrected chi connectivity index (χ4v) is 3.52. The third kappa shape index (κ3) is 5.88. The van der Waals surface area contributed by atoms with Crippen LogP contribution in [0.4, 0.5) is 28.8 Å². The van der Waals surface area contributed by atoms with Crippen molar-refractivity contribution in [3.05, 3.63) is 103 Å². The first kappa shape index (κ1) is 23.5. The van der Waals surface area contributed by atoms with Gasteiger partial charge in [-0.1, -0.05) is 18.2 Å². The predicted molar refractivity (Wildman–Crippen MR) is 142 cm³/mol. The number of benzene rings is 3. The van der Waals surface area contributed by atoms with Crippen LogP contribution in [0.1, 0.15) is 16.2 Å². The lowest BCUT2D eigenvalue weighted by atomic mass is 10.2. The molecule has 0 aliphatic heterocycles. The average molecular weight is 493 g/mol. The molecule has 37 heavy (non-hydrogen) atoms. The topological polar surface area (TPSA) is 119 Å². The van der Waals surface area contributed by atoms with Gasteiger partial charge in [-0.15, -0.1) is 5.10 Å². The number of anilines is 5. The van der Waals surface area contributed by atoms with Gasteiger partial charge in [-0.05, 0) is 67.6 Å². The molecule has 0 spiro atoms. The smallest absolute Gasteiger partial charge is 0.277 e. The van der Waals surface area contributed by atoms with E-state index < -0.39 is 0 Å². The van der Waals surface area contributed by atoms with Gasteiger partial charge in [0.05, 0.1) is 19.0 Å². The van der Waals surface area contributed by atoms with E-state index in [2.05, 4.69) is 36.1 Å². The standard InChI is InChI=1S/C27H24N8O2/c1-18-16-25(30-19-12-14-23(37-2)15-13-19)33-27(29-18)32-21-10-8-20(9-11-21)31-26(36)24-17-28-35(34-24)22-6-4-3-5-7-22/h3-17H,1-2H3,(H,31,36)(H2,29,30,32,33). The first-order valence-electron chi connectivity index (χ1n) is 11.5. The Kier molecular flexibility index (Phi) is 6.71. The first-order chi connectivity index (χ1) is 18.1. The average Bonchev–Trinajstić information content (AvgIpc) is 3.41. The number of ether oxygens (including phenoxy) is 1. The lowest BCUT2D eigenvalue weighted by Crippen LogP contribution is -2.13. The van der Waals surface area contributed by atoms with E-state index >= 15 is 0 Å². The van der Waals surface area contributed by atoms with Crippen LogP contribution in [0.25, 0.3) is 5.69 Å². The van der Waals surface area contributed by atoms with Crippen LogP contribution in [0.5, 0.6) is 5.75 Å². The van der Waals surface area contributed by atoms with Crippen LogP contribution >= 0.6 is 0 Å². The van der Waals surface area contributed by atoms with Crippen LogP contribution < -0.4 is 20.7 Å². The maximum atomic E-state index is 12.6. The van der Waals surface area contributed by atoms with E-state index in [4.69, 9.17) is 4.74 Å². The Morgan fingerprint density at radius 1 is 0.838 bits per heavy atom. The molecule has 5 rings (SSSR count). The van der Waals surface area contributed by atoms with Crippen LogP contribution in [0, 0.1) is 6.92 Å². The summed E-state index contributed by atoms with van der Waals surface area (Å²) in [7, 11) is 1.63. The van der Waals surface area contributed by atoms with E-state index in [1.54, 1.807) is 19.2 Å². The minimum atomic E-state index is -0.348. The summed E-state index contributed by atoms with van der Waals surface area (Å²) in [5.41, 5.74) is 4.08. The number of para-hydroxylation sites is 1. The summed E-state index contributed by atoms with van der Waals surface area (Å²) in [4.78, 5) is 23.1. The van der Waals surface area contributed by atoms with E-state index in [1.807, 2.05) is 79.7 Å². The van der Waals surface area contributed by atoms with Crippen LogP contribution in [0.15, 0.2) is 91.1 Å². The van der Waals surface area contributed by atoms with Gasteiger partial charge in [-0.25, -0.2) is 4.98 Å². The summed E-state index contributed by atoms with van der Waals surface area (Å²) in [6.45, 7) is 1.90. The predicted octanol–water partition coefficient (Wildman–Crippen LogP) is 5.11. The number of aromatic nitrogens is 5. The zero-order valence-corrected chi connectivity index (χ0v) is 20.2. The maximum Gasteiger partial charge on any atom is 0.277 e. The van der Waals surface area contributed by atoms with Crippen molar-refractivity contribution in [2.45, 2.75) is 6.92 Å². The number of rotatable bonds is 8. The molecule has 0 bridgehead atoms. The van der Waals surface area contributed by atoms with Crippen molar-refractivity contribution in [2.24, 2.45) is 0 Å². The zero-order valence-electron chi connectivity index (χ0n) is 20.2. The monoisotopic (exact) mass is 492 g/mol.